The summed E-state index contributed by atoms with van der Waals surface area (Å²) in [5.41, 5.74) is 1.38. The van der Waals surface area contributed by atoms with Gasteiger partial charge in [0, 0.05) is 25.0 Å². The normalized spacial score (nSPS) is 22.3. The van der Waals surface area contributed by atoms with E-state index >= 15 is 0 Å². The minimum Gasteiger partial charge on any atom is -0.351 e. The van der Waals surface area contributed by atoms with Crippen LogP contribution < -0.4 is 5.32 Å². The lowest BCUT2D eigenvalue weighted by Gasteiger charge is -2.34. The van der Waals surface area contributed by atoms with Crippen LogP contribution in [0.1, 0.15) is 37.2 Å². The number of aromatic amines is 1. The van der Waals surface area contributed by atoms with Crippen LogP contribution in [0.4, 0.5) is 0 Å². The summed E-state index contributed by atoms with van der Waals surface area (Å²) < 4.78 is 0. The second-order valence-corrected chi connectivity index (χ2v) is 6.93. The van der Waals surface area contributed by atoms with E-state index in [1.54, 1.807) is 0 Å². The largest absolute Gasteiger partial charge is 0.351 e. The predicted molar refractivity (Wildman–Crippen MR) is 92.4 cm³/mol. The average Bonchev–Trinajstić information content (AvgIpc) is 2.94. The summed E-state index contributed by atoms with van der Waals surface area (Å²) in [6.45, 7) is 8.76. The van der Waals surface area contributed by atoms with Gasteiger partial charge in [-0.15, -0.1) is 0 Å². The molecule has 1 aliphatic rings. The zero-order valence-corrected chi connectivity index (χ0v) is 14.0. The molecule has 0 radical (unpaired) electrons. The summed E-state index contributed by atoms with van der Waals surface area (Å²) in [4.78, 5) is 14.8. The van der Waals surface area contributed by atoms with Gasteiger partial charge in [-0.2, -0.15) is 5.10 Å². The third-order valence-electron chi connectivity index (χ3n) is 4.57. The second kappa shape index (κ2) is 7.13. The molecule has 1 amide bonds. The van der Waals surface area contributed by atoms with E-state index in [4.69, 9.17) is 0 Å². The molecule has 2 atom stereocenters. The van der Waals surface area contributed by atoms with Gasteiger partial charge in [-0.25, -0.2) is 0 Å². The van der Waals surface area contributed by atoms with Crippen LogP contribution in [0, 0.1) is 11.8 Å². The van der Waals surface area contributed by atoms with E-state index in [1.165, 1.54) is 19.5 Å². The van der Waals surface area contributed by atoms with Crippen LogP contribution in [-0.4, -0.2) is 47.2 Å². The highest BCUT2D eigenvalue weighted by molar-refractivity contribution is 6.04. The number of H-pyrrole nitrogens is 1. The van der Waals surface area contributed by atoms with Gasteiger partial charge in [-0.3, -0.25) is 9.89 Å². The summed E-state index contributed by atoms with van der Waals surface area (Å²) in [7, 11) is 0. The van der Waals surface area contributed by atoms with E-state index < -0.39 is 0 Å². The number of fused-ring (bicyclic) bond motifs is 1. The Bertz CT molecular complexity index is 656. The summed E-state index contributed by atoms with van der Waals surface area (Å²) in [6, 6.07) is 7.71. The molecule has 0 spiro atoms. The first-order chi connectivity index (χ1) is 11.1. The molecule has 1 aromatic carbocycles. The van der Waals surface area contributed by atoms with Crippen molar-refractivity contribution in [2.45, 2.75) is 26.7 Å². The lowest BCUT2D eigenvalue weighted by atomic mass is 9.92. The third-order valence-corrected chi connectivity index (χ3v) is 4.57. The van der Waals surface area contributed by atoms with Crippen LogP contribution in [0.5, 0.6) is 0 Å². The Balaban J connectivity index is 1.46. The molecule has 0 unspecified atom stereocenters. The van der Waals surface area contributed by atoms with E-state index in [9.17, 15) is 4.79 Å². The molecule has 2 aromatic rings. The molecule has 5 heteroatoms. The number of para-hydroxylation sites is 1. The van der Waals surface area contributed by atoms with E-state index in [-0.39, 0.29) is 5.91 Å². The molecule has 1 aliphatic heterocycles. The molecule has 0 bridgehead atoms. The minimum absolute atomic E-state index is 0.0946. The van der Waals surface area contributed by atoms with Crippen LogP contribution >= 0.6 is 0 Å². The Morgan fingerprint density at radius 3 is 2.83 bits per heavy atom. The number of rotatable bonds is 5. The second-order valence-electron chi connectivity index (χ2n) is 6.93. The molecule has 2 heterocycles. The highest BCUT2D eigenvalue weighted by Crippen LogP contribution is 2.20. The molecule has 2 N–H and O–H groups in total. The van der Waals surface area contributed by atoms with Crippen LogP contribution in [0.15, 0.2) is 24.3 Å². The zero-order chi connectivity index (χ0) is 16.2. The number of benzene rings is 1. The Kier molecular flexibility index (Phi) is 4.96. The van der Waals surface area contributed by atoms with E-state index in [0.717, 1.165) is 35.7 Å². The smallest absolute Gasteiger partial charge is 0.272 e. The fourth-order valence-electron chi connectivity index (χ4n) is 3.70. The van der Waals surface area contributed by atoms with Crippen LogP contribution in [0.3, 0.4) is 0 Å². The summed E-state index contributed by atoms with van der Waals surface area (Å²) >= 11 is 0. The maximum absolute atomic E-state index is 12.3. The van der Waals surface area contributed by atoms with Crippen molar-refractivity contribution in [2.75, 3.05) is 26.2 Å². The first-order valence-electron chi connectivity index (χ1n) is 8.57. The fourth-order valence-corrected chi connectivity index (χ4v) is 3.70. The number of piperidine rings is 1. The topological polar surface area (TPSA) is 61.0 Å². The monoisotopic (exact) mass is 314 g/mol. The van der Waals surface area contributed by atoms with Crippen LogP contribution in [0.2, 0.25) is 0 Å². The number of likely N-dealkylation sites (tertiary alicyclic amines) is 1. The summed E-state index contributed by atoms with van der Waals surface area (Å²) in [5.74, 6) is 1.47. The van der Waals surface area contributed by atoms with Crippen molar-refractivity contribution in [3.8, 4) is 0 Å². The molecule has 1 fully saturated rings. The van der Waals surface area contributed by atoms with Gasteiger partial charge in [0.15, 0.2) is 5.69 Å². The van der Waals surface area contributed by atoms with Gasteiger partial charge < -0.3 is 10.2 Å². The maximum Gasteiger partial charge on any atom is 0.272 e. The first-order valence-corrected chi connectivity index (χ1v) is 8.57. The van der Waals surface area contributed by atoms with Gasteiger partial charge in [-0.05, 0) is 37.3 Å². The van der Waals surface area contributed by atoms with Crippen molar-refractivity contribution in [2.24, 2.45) is 11.8 Å². The molecule has 0 saturated carbocycles. The van der Waals surface area contributed by atoms with Gasteiger partial charge in [0.25, 0.3) is 5.91 Å². The number of hydrogen-bond acceptors (Lipinski definition) is 3. The Morgan fingerprint density at radius 2 is 2.04 bits per heavy atom. The first kappa shape index (κ1) is 16.0. The maximum atomic E-state index is 12.3. The van der Waals surface area contributed by atoms with Crippen molar-refractivity contribution >= 4 is 16.8 Å². The van der Waals surface area contributed by atoms with Gasteiger partial charge in [0.1, 0.15) is 0 Å². The number of aromatic nitrogens is 2. The molecular formula is C18H26N4O. The average molecular weight is 314 g/mol. The highest BCUT2D eigenvalue weighted by Gasteiger charge is 2.21. The predicted octanol–water partition coefficient (Wildman–Crippen LogP) is 2.66. The van der Waals surface area contributed by atoms with Gasteiger partial charge in [0.05, 0.1) is 5.52 Å². The fraction of sp³-hybridized carbons (Fsp3) is 0.556. The van der Waals surface area contributed by atoms with E-state index in [2.05, 4.69) is 34.3 Å². The van der Waals surface area contributed by atoms with E-state index in [0.29, 0.717) is 12.2 Å². The van der Waals surface area contributed by atoms with Crippen molar-refractivity contribution in [3.05, 3.63) is 30.0 Å². The number of hydrogen-bond donors (Lipinski definition) is 2. The third kappa shape index (κ3) is 3.91. The Labute approximate surface area is 137 Å². The molecule has 1 saturated heterocycles. The van der Waals surface area contributed by atoms with Crippen LogP contribution in [-0.2, 0) is 0 Å². The molecule has 1 aromatic heterocycles. The Morgan fingerprint density at radius 1 is 1.30 bits per heavy atom. The lowest BCUT2D eigenvalue weighted by molar-refractivity contribution is 0.0944. The molecule has 124 valence electrons. The molecular weight excluding hydrogens is 288 g/mol. The van der Waals surface area contributed by atoms with Gasteiger partial charge in [-0.1, -0.05) is 32.0 Å². The van der Waals surface area contributed by atoms with Crippen molar-refractivity contribution in [1.82, 2.24) is 20.4 Å². The summed E-state index contributed by atoms with van der Waals surface area (Å²) in [5, 5.41) is 10.9. The van der Waals surface area contributed by atoms with Crippen molar-refractivity contribution < 1.29 is 4.79 Å². The van der Waals surface area contributed by atoms with Gasteiger partial charge >= 0.3 is 0 Å². The lowest BCUT2D eigenvalue weighted by Crippen LogP contribution is -2.40. The van der Waals surface area contributed by atoms with Crippen molar-refractivity contribution in [3.63, 3.8) is 0 Å². The zero-order valence-electron chi connectivity index (χ0n) is 14.0. The van der Waals surface area contributed by atoms with Crippen molar-refractivity contribution in [1.29, 1.82) is 0 Å². The minimum atomic E-state index is -0.0946. The number of nitrogens with one attached hydrogen (secondary N) is 2. The van der Waals surface area contributed by atoms with Crippen LogP contribution in [0.25, 0.3) is 10.9 Å². The van der Waals surface area contributed by atoms with E-state index in [1.807, 2.05) is 24.3 Å². The SMILES string of the molecule is C[C@@H]1C[C@H](C)CN(CCCNC(=O)c2n[nH]c3ccccc23)C1. The molecule has 5 nitrogen and oxygen atoms in total. The number of carbonyl (C=O) groups excluding carboxylic acids is 1. The number of nitrogens with zero attached hydrogens (tertiary/aromatic N) is 2. The van der Waals surface area contributed by atoms with Gasteiger partial charge in [0.2, 0.25) is 0 Å². The summed E-state index contributed by atoms with van der Waals surface area (Å²) in [6.07, 6.45) is 2.31. The molecule has 0 aliphatic carbocycles. The standard InChI is InChI=1S/C18H26N4O/c1-13-10-14(2)12-22(11-13)9-5-8-19-18(23)17-15-6-3-4-7-16(15)20-21-17/h3-4,6-7,13-14H,5,8-12H2,1-2H3,(H,19,23)(H,20,21)/t13-,14+. The number of amides is 1. The molecule has 3 rings (SSSR count). The quantitative estimate of drug-likeness (QED) is 0.834. The molecule has 23 heavy (non-hydrogen) atoms. The Hall–Kier alpha value is -1.88. The highest BCUT2D eigenvalue weighted by atomic mass is 16.1. The number of carbonyl (C=O) groups is 1.